The lowest BCUT2D eigenvalue weighted by atomic mass is 9.82. The topological polar surface area (TPSA) is 8.17 Å². The van der Waals surface area contributed by atoms with Crippen LogP contribution in [0.2, 0.25) is 0 Å². The van der Waals surface area contributed by atoms with Crippen LogP contribution in [0, 0.1) is 0 Å². The molecule has 0 aliphatic heterocycles. The highest BCUT2D eigenvalue weighted by Crippen LogP contribution is 2.56. The summed E-state index contributed by atoms with van der Waals surface area (Å²) >= 11 is 0. The molecule has 9 aromatic carbocycles. The molecule has 1 heterocycles. The van der Waals surface area contributed by atoms with Crippen molar-refractivity contribution in [3.05, 3.63) is 216 Å². The van der Waals surface area contributed by atoms with Gasteiger partial charge in [0.1, 0.15) is 0 Å². The fraction of sp³-hybridized carbons (Fsp3) is 0.103. The zero-order valence-corrected chi connectivity index (χ0v) is 34.4. The molecule has 0 bridgehead atoms. The second-order valence-corrected chi connectivity index (χ2v) is 17.7. The van der Waals surface area contributed by atoms with Gasteiger partial charge in [-0.05, 0) is 104 Å². The monoisotopic (exact) mass is 768 g/mol. The molecule has 0 saturated carbocycles. The number of fused-ring (bicyclic) bond motifs is 10. The summed E-state index contributed by atoms with van der Waals surface area (Å²) < 4.78 is 2.41. The van der Waals surface area contributed by atoms with Crippen molar-refractivity contribution in [2.75, 3.05) is 4.90 Å². The smallest absolute Gasteiger partial charge is 0.0547 e. The first kappa shape index (κ1) is 34.8. The lowest BCUT2D eigenvalue weighted by Gasteiger charge is -2.31. The highest BCUT2D eigenvalue weighted by Gasteiger charge is 2.39. The Kier molecular flexibility index (Phi) is 7.36. The van der Waals surface area contributed by atoms with Crippen LogP contribution < -0.4 is 4.90 Å². The van der Waals surface area contributed by atoms with Crippen LogP contribution in [0.4, 0.5) is 17.1 Å². The molecule has 0 spiro atoms. The molecule has 0 saturated heterocycles. The van der Waals surface area contributed by atoms with Crippen molar-refractivity contribution in [2.24, 2.45) is 0 Å². The van der Waals surface area contributed by atoms with Gasteiger partial charge in [0, 0.05) is 43.9 Å². The largest absolute Gasteiger partial charge is 0.309 e. The molecule has 2 aliphatic rings. The highest BCUT2D eigenvalue weighted by atomic mass is 15.1. The molecule has 2 nitrogen and oxygen atoms in total. The SMILES string of the molecule is CC1(C)c2ccccc2-c2cc(N(c3cccc4c3-c3ccccc3C4(C)C)c3ccc(-c4ccc5c6ccccc6n(-c6ccccc6)c5c4)c4ccccc34)ccc21. The molecular weight excluding hydrogens is 725 g/mol. The van der Waals surface area contributed by atoms with Crippen molar-refractivity contribution < 1.29 is 0 Å². The molecule has 12 rings (SSSR count). The molecule has 0 N–H and O–H groups in total. The fourth-order valence-corrected chi connectivity index (χ4v) is 10.9. The minimum Gasteiger partial charge on any atom is -0.309 e. The number of nitrogens with zero attached hydrogens (tertiary/aromatic N) is 2. The van der Waals surface area contributed by atoms with Crippen LogP contribution in [-0.2, 0) is 10.8 Å². The molecular formula is C58H44N2. The second-order valence-electron chi connectivity index (χ2n) is 17.7. The lowest BCUT2D eigenvalue weighted by molar-refractivity contribution is 0.660. The molecule has 0 fully saturated rings. The Hall–Kier alpha value is -7.16. The van der Waals surface area contributed by atoms with Crippen molar-refractivity contribution in [2.45, 2.75) is 38.5 Å². The van der Waals surface area contributed by atoms with E-state index in [0.717, 1.165) is 17.1 Å². The van der Waals surface area contributed by atoms with Gasteiger partial charge in [-0.15, -0.1) is 0 Å². The second kappa shape index (κ2) is 12.7. The van der Waals surface area contributed by atoms with Gasteiger partial charge in [0.05, 0.1) is 22.4 Å². The Morgan fingerprint density at radius 3 is 1.80 bits per heavy atom. The average molecular weight is 769 g/mol. The molecule has 0 unspecified atom stereocenters. The summed E-state index contributed by atoms with van der Waals surface area (Å²) in [7, 11) is 0. The maximum Gasteiger partial charge on any atom is 0.0547 e. The zero-order chi connectivity index (χ0) is 40.3. The summed E-state index contributed by atoms with van der Waals surface area (Å²) in [6.45, 7) is 9.47. The van der Waals surface area contributed by atoms with Crippen LogP contribution >= 0.6 is 0 Å². The van der Waals surface area contributed by atoms with Gasteiger partial charge in [-0.3, -0.25) is 0 Å². The third-order valence-corrected chi connectivity index (χ3v) is 13.8. The summed E-state index contributed by atoms with van der Waals surface area (Å²) in [6, 6.07) is 72.4. The standard InChI is InChI=1S/C58H44N2/c1-57(2)48-24-13-10-20-42(48)47-36-39(30-33-50(47)57)60(54-28-16-26-51-56(54)46-23-11-14-25-49(46)58(51,3)4)53-34-32-40(41-19-8-9-21-43(41)53)37-29-31-45-44-22-12-15-27-52(44)59(55(45)35-37)38-17-6-5-7-18-38/h5-36H,1-4H3. The molecule has 0 radical (unpaired) electrons. The van der Waals surface area contributed by atoms with Gasteiger partial charge in [-0.2, -0.15) is 0 Å². The van der Waals surface area contributed by atoms with E-state index in [-0.39, 0.29) is 10.8 Å². The number of benzene rings is 9. The van der Waals surface area contributed by atoms with E-state index < -0.39 is 0 Å². The molecule has 2 heteroatoms. The van der Waals surface area contributed by atoms with Crippen LogP contribution in [0.3, 0.4) is 0 Å². The molecule has 2 aliphatic carbocycles. The van der Waals surface area contributed by atoms with Crippen molar-refractivity contribution in [3.8, 4) is 39.1 Å². The van der Waals surface area contributed by atoms with E-state index in [4.69, 9.17) is 0 Å². The summed E-state index contributed by atoms with van der Waals surface area (Å²) in [4.78, 5) is 2.55. The minimum atomic E-state index is -0.124. The first-order valence-corrected chi connectivity index (χ1v) is 21.2. The number of rotatable bonds is 5. The number of hydrogen-bond acceptors (Lipinski definition) is 1. The molecule has 10 aromatic rings. The molecule has 1 aromatic heterocycles. The summed E-state index contributed by atoms with van der Waals surface area (Å²) in [5.41, 5.74) is 20.1. The number of aromatic nitrogens is 1. The van der Waals surface area contributed by atoms with Gasteiger partial charge in [0.25, 0.3) is 0 Å². The number of anilines is 3. The Morgan fingerprint density at radius 1 is 0.367 bits per heavy atom. The van der Waals surface area contributed by atoms with E-state index in [0.29, 0.717) is 0 Å². The van der Waals surface area contributed by atoms with Gasteiger partial charge >= 0.3 is 0 Å². The third kappa shape index (κ3) is 4.82. The predicted molar refractivity (Wildman–Crippen MR) is 254 cm³/mol. The Morgan fingerprint density at radius 2 is 0.983 bits per heavy atom. The van der Waals surface area contributed by atoms with Crippen LogP contribution in [0.25, 0.3) is 71.6 Å². The van der Waals surface area contributed by atoms with Crippen LogP contribution in [0.5, 0.6) is 0 Å². The quantitative estimate of drug-likeness (QED) is 0.169. The first-order chi connectivity index (χ1) is 29.3. The van der Waals surface area contributed by atoms with Gasteiger partial charge in [0.15, 0.2) is 0 Å². The van der Waals surface area contributed by atoms with E-state index in [1.165, 1.54) is 93.9 Å². The Bertz CT molecular complexity index is 3380. The Labute approximate surface area is 351 Å². The van der Waals surface area contributed by atoms with E-state index in [1.807, 2.05) is 0 Å². The van der Waals surface area contributed by atoms with Crippen LogP contribution in [0.1, 0.15) is 49.9 Å². The maximum atomic E-state index is 2.55. The van der Waals surface area contributed by atoms with Gasteiger partial charge in [-0.1, -0.05) is 173 Å². The molecule has 60 heavy (non-hydrogen) atoms. The van der Waals surface area contributed by atoms with E-state index >= 15 is 0 Å². The summed E-state index contributed by atoms with van der Waals surface area (Å²) in [5.74, 6) is 0. The summed E-state index contributed by atoms with van der Waals surface area (Å²) in [6.07, 6.45) is 0. The van der Waals surface area contributed by atoms with Gasteiger partial charge < -0.3 is 9.47 Å². The molecule has 286 valence electrons. The minimum absolute atomic E-state index is 0.0755. The van der Waals surface area contributed by atoms with Gasteiger partial charge in [0.2, 0.25) is 0 Å². The maximum absolute atomic E-state index is 2.55. The summed E-state index contributed by atoms with van der Waals surface area (Å²) in [5, 5.41) is 4.96. The van der Waals surface area contributed by atoms with Crippen molar-refractivity contribution >= 4 is 49.6 Å². The molecule has 0 amide bonds. The number of para-hydroxylation sites is 2. The number of hydrogen-bond donors (Lipinski definition) is 0. The highest BCUT2D eigenvalue weighted by molar-refractivity contribution is 6.12. The Balaban J connectivity index is 1.11. The molecule has 0 atom stereocenters. The van der Waals surface area contributed by atoms with Crippen LogP contribution in [-0.4, -0.2) is 4.57 Å². The zero-order valence-electron chi connectivity index (χ0n) is 34.4. The normalized spacial score (nSPS) is 14.3. The van der Waals surface area contributed by atoms with E-state index in [9.17, 15) is 0 Å². The van der Waals surface area contributed by atoms with Crippen LogP contribution in [0.15, 0.2) is 194 Å². The van der Waals surface area contributed by atoms with Gasteiger partial charge in [-0.25, -0.2) is 0 Å². The van der Waals surface area contributed by atoms with Crippen molar-refractivity contribution in [3.63, 3.8) is 0 Å². The predicted octanol–water partition coefficient (Wildman–Crippen LogP) is 15.7. The first-order valence-electron chi connectivity index (χ1n) is 21.2. The fourth-order valence-electron chi connectivity index (χ4n) is 10.9. The van der Waals surface area contributed by atoms with E-state index in [2.05, 4.69) is 231 Å². The van der Waals surface area contributed by atoms with E-state index in [1.54, 1.807) is 0 Å². The lowest BCUT2D eigenvalue weighted by Crippen LogP contribution is -2.17. The average Bonchev–Trinajstić information content (AvgIpc) is 3.83. The van der Waals surface area contributed by atoms with Crippen molar-refractivity contribution in [1.82, 2.24) is 4.57 Å². The third-order valence-electron chi connectivity index (χ3n) is 13.8. The van der Waals surface area contributed by atoms with Crippen molar-refractivity contribution in [1.29, 1.82) is 0 Å².